The lowest BCUT2D eigenvalue weighted by Crippen LogP contribution is -2.52. The molecule has 1 N–H and O–H groups in total. The Labute approximate surface area is 196 Å². The number of aryl methyl sites for hydroxylation is 2. The molecule has 172 valence electrons. The number of rotatable bonds is 9. The van der Waals surface area contributed by atoms with Gasteiger partial charge in [0.05, 0.1) is 0 Å². The monoisotopic (exact) mass is 456 g/mol. The Kier molecular flexibility index (Phi) is 8.57. The van der Waals surface area contributed by atoms with E-state index in [1.165, 1.54) is 0 Å². The number of amides is 2. The van der Waals surface area contributed by atoms with E-state index in [4.69, 9.17) is 16.3 Å². The summed E-state index contributed by atoms with van der Waals surface area (Å²) in [5.74, 6) is 0.385. The zero-order chi connectivity index (χ0) is 23.1. The number of carbonyl (C=O) groups is 2. The first-order valence-corrected chi connectivity index (χ1v) is 11.8. The van der Waals surface area contributed by atoms with Crippen molar-refractivity contribution < 1.29 is 14.3 Å². The van der Waals surface area contributed by atoms with Crippen molar-refractivity contribution in [2.24, 2.45) is 0 Å². The highest BCUT2D eigenvalue weighted by Crippen LogP contribution is 2.21. The molecule has 1 aliphatic rings. The minimum Gasteiger partial charge on any atom is -0.483 e. The van der Waals surface area contributed by atoms with Gasteiger partial charge in [0.2, 0.25) is 5.91 Å². The van der Waals surface area contributed by atoms with E-state index < -0.39 is 6.04 Å². The van der Waals surface area contributed by atoms with Crippen LogP contribution in [-0.2, 0) is 16.1 Å². The van der Waals surface area contributed by atoms with Crippen molar-refractivity contribution in [2.45, 2.75) is 71.5 Å². The molecule has 1 atom stereocenters. The van der Waals surface area contributed by atoms with Gasteiger partial charge < -0.3 is 15.0 Å². The highest BCUT2D eigenvalue weighted by molar-refractivity contribution is 6.30. The zero-order valence-electron chi connectivity index (χ0n) is 19.2. The topological polar surface area (TPSA) is 58.6 Å². The Bertz CT molecular complexity index is 923. The van der Waals surface area contributed by atoms with Crippen molar-refractivity contribution in [3.8, 4) is 5.75 Å². The maximum absolute atomic E-state index is 13.3. The molecule has 6 heteroatoms. The van der Waals surface area contributed by atoms with Crippen LogP contribution in [0, 0.1) is 13.8 Å². The molecule has 0 aliphatic heterocycles. The highest BCUT2D eigenvalue weighted by atomic mass is 35.5. The summed E-state index contributed by atoms with van der Waals surface area (Å²) in [6.07, 6.45) is 4.81. The third kappa shape index (κ3) is 6.49. The molecular formula is C26H33ClN2O3. The largest absolute Gasteiger partial charge is 0.483 e. The summed E-state index contributed by atoms with van der Waals surface area (Å²) in [7, 11) is 0. The van der Waals surface area contributed by atoms with Crippen molar-refractivity contribution in [3.05, 3.63) is 64.2 Å². The molecule has 2 amide bonds. The Morgan fingerprint density at radius 2 is 1.81 bits per heavy atom. The van der Waals surface area contributed by atoms with E-state index in [-0.39, 0.29) is 24.5 Å². The number of halogens is 1. The van der Waals surface area contributed by atoms with Crippen LogP contribution < -0.4 is 10.1 Å². The first-order valence-electron chi connectivity index (χ1n) is 11.4. The lowest BCUT2D eigenvalue weighted by molar-refractivity contribution is -0.143. The van der Waals surface area contributed by atoms with Gasteiger partial charge in [0.25, 0.3) is 5.91 Å². The maximum atomic E-state index is 13.3. The van der Waals surface area contributed by atoms with Gasteiger partial charge in [-0.3, -0.25) is 9.59 Å². The number of hydrogen-bond acceptors (Lipinski definition) is 3. The van der Waals surface area contributed by atoms with Gasteiger partial charge in [-0.05, 0) is 68.0 Å². The van der Waals surface area contributed by atoms with E-state index in [1.54, 1.807) is 17.0 Å². The van der Waals surface area contributed by atoms with Gasteiger partial charge in [-0.15, -0.1) is 0 Å². The van der Waals surface area contributed by atoms with Crippen LogP contribution >= 0.6 is 11.6 Å². The van der Waals surface area contributed by atoms with Gasteiger partial charge in [0.15, 0.2) is 6.61 Å². The van der Waals surface area contributed by atoms with E-state index in [2.05, 4.69) is 5.32 Å². The summed E-state index contributed by atoms with van der Waals surface area (Å²) in [5.41, 5.74) is 2.96. The van der Waals surface area contributed by atoms with E-state index in [0.717, 1.165) is 42.4 Å². The van der Waals surface area contributed by atoms with Gasteiger partial charge in [-0.1, -0.05) is 55.6 Å². The van der Waals surface area contributed by atoms with Crippen molar-refractivity contribution >= 4 is 23.4 Å². The number of nitrogens with one attached hydrogen (secondary N) is 1. The standard InChI is InChI=1S/C26H33ClN2O3/c1-4-23(26(31)28-22-7-5-6-8-22)29(16-20-11-13-21(27)14-12-20)25(30)17-32-24-15-18(2)9-10-19(24)3/h9-15,22-23H,4-8,16-17H2,1-3H3,(H,28,31)/t23-/m1/s1. The summed E-state index contributed by atoms with van der Waals surface area (Å²) in [6, 6.07) is 12.9. The molecule has 5 nitrogen and oxygen atoms in total. The van der Waals surface area contributed by atoms with Crippen LogP contribution in [0.15, 0.2) is 42.5 Å². The lowest BCUT2D eigenvalue weighted by Gasteiger charge is -2.31. The van der Waals surface area contributed by atoms with Crippen LogP contribution in [0.2, 0.25) is 5.02 Å². The third-order valence-corrected chi connectivity index (χ3v) is 6.30. The number of hydrogen-bond donors (Lipinski definition) is 1. The molecule has 3 rings (SSSR count). The molecular weight excluding hydrogens is 424 g/mol. The Morgan fingerprint density at radius 1 is 1.12 bits per heavy atom. The molecule has 32 heavy (non-hydrogen) atoms. The van der Waals surface area contributed by atoms with Crippen molar-refractivity contribution in [1.82, 2.24) is 10.2 Å². The second-order valence-electron chi connectivity index (χ2n) is 8.62. The van der Waals surface area contributed by atoms with E-state index in [1.807, 2.05) is 51.1 Å². The van der Waals surface area contributed by atoms with Gasteiger partial charge in [0.1, 0.15) is 11.8 Å². The summed E-state index contributed by atoms with van der Waals surface area (Å²) in [5, 5.41) is 3.79. The number of nitrogens with zero attached hydrogens (tertiary/aromatic N) is 1. The maximum Gasteiger partial charge on any atom is 0.261 e. The summed E-state index contributed by atoms with van der Waals surface area (Å²) in [6.45, 7) is 6.08. The highest BCUT2D eigenvalue weighted by Gasteiger charge is 2.30. The van der Waals surface area contributed by atoms with E-state index in [9.17, 15) is 9.59 Å². The predicted octanol–water partition coefficient (Wildman–Crippen LogP) is 5.20. The van der Waals surface area contributed by atoms with Crippen LogP contribution in [0.4, 0.5) is 0 Å². The SMILES string of the molecule is CC[C@H](C(=O)NC1CCCC1)N(Cc1ccc(Cl)cc1)C(=O)COc1cc(C)ccc1C. The Morgan fingerprint density at radius 3 is 2.47 bits per heavy atom. The molecule has 0 aromatic heterocycles. The fourth-order valence-electron chi connectivity index (χ4n) is 4.16. The number of carbonyl (C=O) groups excluding carboxylic acids is 2. The summed E-state index contributed by atoms with van der Waals surface area (Å²) in [4.78, 5) is 28.1. The molecule has 2 aromatic rings. The zero-order valence-corrected chi connectivity index (χ0v) is 20.0. The molecule has 0 saturated heterocycles. The molecule has 0 spiro atoms. The van der Waals surface area contributed by atoms with E-state index in [0.29, 0.717) is 23.7 Å². The van der Waals surface area contributed by atoms with Crippen LogP contribution in [0.1, 0.15) is 55.7 Å². The van der Waals surface area contributed by atoms with Crippen LogP contribution in [0.25, 0.3) is 0 Å². The molecule has 0 bridgehead atoms. The molecule has 0 radical (unpaired) electrons. The third-order valence-electron chi connectivity index (χ3n) is 6.05. The fraction of sp³-hybridized carbons (Fsp3) is 0.462. The minimum atomic E-state index is -0.555. The first-order chi connectivity index (χ1) is 15.4. The second kappa shape index (κ2) is 11.4. The lowest BCUT2D eigenvalue weighted by atomic mass is 10.1. The average Bonchev–Trinajstić information content (AvgIpc) is 3.28. The van der Waals surface area contributed by atoms with Gasteiger partial charge >= 0.3 is 0 Å². The molecule has 1 fully saturated rings. The molecule has 0 heterocycles. The van der Waals surface area contributed by atoms with Gasteiger partial charge in [-0.25, -0.2) is 0 Å². The van der Waals surface area contributed by atoms with E-state index >= 15 is 0 Å². The minimum absolute atomic E-state index is 0.0894. The van der Waals surface area contributed by atoms with Crippen molar-refractivity contribution in [2.75, 3.05) is 6.61 Å². The second-order valence-corrected chi connectivity index (χ2v) is 9.06. The number of ether oxygens (including phenoxy) is 1. The first kappa shape index (κ1) is 24.1. The van der Waals surface area contributed by atoms with Crippen LogP contribution in [0.3, 0.4) is 0 Å². The van der Waals surface area contributed by atoms with Crippen molar-refractivity contribution in [3.63, 3.8) is 0 Å². The molecule has 0 unspecified atom stereocenters. The molecule has 1 saturated carbocycles. The quantitative estimate of drug-likeness (QED) is 0.564. The van der Waals surface area contributed by atoms with Gasteiger partial charge in [0, 0.05) is 17.6 Å². The molecule has 1 aliphatic carbocycles. The smallest absolute Gasteiger partial charge is 0.261 e. The van der Waals surface area contributed by atoms with Crippen molar-refractivity contribution in [1.29, 1.82) is 0 Å². The Balaban J connectivity index is 1.77. The fourth-order valence-corrected chi connectivity index (χ4v) is 4.28. The predicted molar refractivity (Wildman–Crippen MR) is 128 cm³/mol. The summed E-state index contributed by atoms with van der Waals surface area (Å²) < 4.78 is 5.88. The number of benzene rings is 2. The van der Waals surface area contributed by atoms with Crippen LogP contribution in [0.5, 0.6) is 5.75 Å². The Hall–Kier alpha value is -2.53. The van der Waals surface area contributed by atoms with Crippen LogP contribution in [-0.4, -0.2) is 35.4 Å². The van der Waals surface area contributed by atoms with Gasteiger partial charge in [-0.2, -0.15) is 0 Å². The average molecular weight is 457 g/mol. The summed E-state index contributed by atoms with van der Waals surface area (Å²) >= 11 is 6.03. The molecule has 2 aromatic carbocycles. The normalized spacial score (nSPS) is 14.8.